The Kier molecular flexibility index (Phi) is 2.10. The van der Waals surface area contributed by atoms with Crippen LogP contribution in [-0.2, 0) is 0 Å². The van der Waals surface area contributed by atoms with Crippen LogP contribution in [0.2, 0.25) is 0 Å². The number of hydrogen-bond acceptors (Lipinski definition) is 4. The number of rotatable bonds is 1. The Morgan fingerprint density at radius 1 is 1.14 bits per heavy atom. The van der Waals surface area contributed by atoms with Crippen molar-refractivity contribution in [3.8, 4) is 11.1 Å². The van der Waals surface area contributed by atoms with E-state index in [1.165, 1.54) is 0 Å². The summed E-state index contributed by atoms with van der Waals surface area (Å²) in [6.07, 6.45) is 5.16. The molecule has 0 fully saturated rings. The molecule has 0 bridgehead atoms. The number of pyridine rings is 1. The van der Waals surface area contributed by atoms with Crippen LogP contribution >= 0.6 is 0 Å². The first-order chi connectivity index (χ1) is 6.77. The third-order valence-electron chi connectivity index (χ3n) is 1.99. The number of aromatic nitrogens is 3. The lowest BCUT2D eigenvalue weighted by Crippen LogP contribution is -1.94. The number of hydrogen-bond donors (Lipinski definition) is 1. The van der Waals surface area contributed by atoms with Gasteiger partial charge in [0, 0.05) is 35.4 Å². The summed E-state index contributed by atoms with van der Waals surface area (Å²) in [5.74, 6) is 0.287. The van der Waals surface area contributed by atoms with Crippen molar-refractivity contribution in [3.05, 3.63) is 36.4 Å². The average Bonchev–Trinajstić information content (AvgIpc) is 2.20. The second kappa shape index (κ2) is 3.41. The zero-order valence-electron chi connectivity index (χ0n) is 7.81. The van der Waals surface area contributed by atoms with E-state index in [1.54, 1.807) is 18.6 Å². The third kappa shape index (κ3) is 1.54. The fourth-order valence-corrected chi connectivity index (χ4v) is 1.27. The second-order valence-electron chi connectivity index (χ2n) is 2.97. The molecule has 4 heteroatoms. The van der Waals surface area contributed by atoms with Crippen molar-refractivity contribution < 1.29 is 0 Å². The maximum absolute atomic E-state index is 5.40. The zero-order valence-corrected chi connectivity index (χ0v) is 7.81. The Morgan fingerprint density at radius 2 is 1.86 bits per heavy atom. The first kappa shape index (κ1) is 8.62. The Labute approximate surface area is 81.9 Å². The van der Waals surface area contributed by atoms with Crippen molar-refractivity contribution in [2.45, 2.75) is 6.92 Å². The molecule has 0 spiro atoms. The summed E-state index contributed by atoms with van der Waals surface area (Å²) in [4.78, 5) is 12.1. The quantitative estimate of drug-likeness (QED) is 0.731. The molecule has 0 saturated carbocycles. The predicted molar refractivity (Wildman–Crippen MR) is 54.4 cm³/mol. The molecule has 0 unspecified atom stereocenters. The van der Waals surface area contributed by atoms with Crippen molar-refractivity contribution in [2.24, 2.45) is 0 Å². The summed E-state index contributed by atoms with van der Waals surface area (Å²) in [6.45, 7) is 1.95. The van der Waals surface area contributed by atoms with Gasteiger partial charge in [-0.25, -0.2) is 9.97 Å². The van der Waals surface area contributed by atoms with Crippen molar-refractivity contribution in [2.75, 3.05) is 5.73 Å². The van der Waals surface area contributed by atoms with Gasteiger partial charge in [0.15, 0.2) is 0 Å². The molecule has 0 aliphatic rings. The van der Waals surface area contributed by atoms with Crippen LogP contribution in [0.5, 0.6) is 0 Å². The summed E-state index contributed by atoms with van der Waals surface area (Å²) in [5.41, 5.74) is 8.33. The monoisotopic (exact) mass is 186 g/mol. The molecule has 0 aliphatic heterocycles. The molecule has 0 aromatic carbocycles. The van der Waals surface area contributed by atoms with Crippen molar-refractivity contribution >= 4 is 5.95 Å². The highest BCUT2D eigenvalue weighted by molar-refractivity contribution is 5.63. The zero-order chi connectivity index (χ0) is 9.97. The van der Waals surface area contributed by atoms with Gasteiger partial charge >= 0.3 is 0 Å². The molecular weight excluding hydrogens is 176 g/mol. The van der Waals surface area contributed by atoms with E-state index in [2.05, 4.69) is 15.0 Å². The molecule has 4 nitrogen and oxygen atoms in total. The molecule has 0 aliphatic carbocycles. The van der Waals surface area contributed by atoms with E-state index in [9.17, 15) is 0 Å². The normalized spacial score (nSPS) is 10.1. The smallest absolute Gasteiger partial charge is 0.219 e. The summed E-state index contributed by atoms with van der Waals surface area (Å²) in [7, 11) is 0. The Hall–Kier alpha value is -1.97. The van der Waals surface area contributed by atoms with Gasteiger partial charge in [0.25, 0.3) is 0 Å². The maximum Gasteiger partial charge on any atom is 0.219 e. The van der Waals surface area contributed by atoms with E-state index >= 15 is 0 Å². The highest BCUT2D eigenvalue weighted by Gasteiger charge is 2.02. The van der Waals surface area contributed by atoms with Crippen LogP contribution in [0.25, 0.3) is 11.1 Å². The van der Waals surface area contributed by atoms with E-state index in [0.29, 0.717) is 0 Å². The molecule has 70 valence electrons. The minimum absolute atomic E-state index is 0.287. The van der Waals surface area contributed by atoms with Crippen LogP contribution < -0.4 is 5.73 Å². The minimum atomic E-state index is 0.287. The summed E-state index contributed by atoms with van der Waals surface area (Å²) < 4.78 is 0. The lowest BCUT2D eigenvalue weighted by atomic mass is 10.1. The SMILES string of the molecule is Cc1ncccc1-c1cnc(N)nc1. The topological polar surface area (TPSA) is 64.7 Å². The van der Waals surface area contributed by atoms with Crippen LogP contribution in [0.1, 0.15) is 5.69 Å². The highest BCUT2D eigenvalue weighted by atomic mass is 15.0. The van der Waals surface area contributed by atoms with Crippen LogP contribution in [-0.4, -0.2) is 15.0 Å². The molecule has 0 radical (unpaired) electrons. The molecule has 0 amide bonds. The lowest BCUT2D eigenvalue weighted by molar-refractivity contribution is 1.16. The molecule has 0 saturated heterocycles. The number of anilines is 1. The Balaban J connectivity index is 2.50. The van der Waals surface area contributed by atoms with Gasteiger partial charge in [-0.1, -0.05) is 6.07 Å². The molecule has 2 heterocycles. The van der Waals surface area contributed by atoms with Gasteiger partial charge in [0.05, 0.1) is 0 Å². The molecular formula is C10H10N4. The predicted octanol–water partition coefficient (Wildman–Crippen LogP) is 1.43. The number of nitrogens with zero attached hydrogens (tertiary/aromatic N) is 3. The summed E-state index contributed by atoms with van der Waals surface area (Å²) >= 11 is 0. The van der Waals surface area contributed by atoms with E-state index in [1.807, 2.05) is 19.1 Å². The molecule has 2 aromatic rings. The summed E-state index contributed by atoms with van der Waals surface area (Å²) in [5, 5.41) is 0. The molecule has 0 atom stereocenters. The van der Waals surface area contributed by atoms with Crippen molar-refractivity contribution in [3.63, 3.8) is 0 Å². The van der Waals surface area contributed by atoms with Crippen LogP contribution in [0, 0.1) is 6.92 Å². The van der Waals surface area contributed by atoms with Gasteiger partial charge < -0.3 is 5.73 Å². The third-order valence-corrected chi connectivity index (χ3v) is 1.99. The van der Waals surface area contributed by atoms with E-state index in [-0.39, 0.29) is 5.95 Å². The summed E-state index contributed by atoms with van der Waals surface area (Å²) in [6, 6.07) is 3.87. The minimum Gasteiger partial charge on any atom is -0.368 e. The van der Waals surface area contributed by atoms with E-state index < -0.39 is 0 Å². The number of nitrogens with two attached hydrogens (primary N) is 1. The van der Waals surface area contributed by atoms with Gasteiger partial charge in [-0.15, -0.1) is 0 Å². The average molecular weight is 186 g/mol. The molecule has 2 rings (SSSR count). The first-order valence-electron chi connectivity index (χ1n) is 4.27. The lowest BCUT2D eigenvalue weighted by Gasteiger charge is -2.03. The molecule has 2 aromatic heterocycles. The molecule has 2 N–H and O–H groups in total. The Bertz CT molecular complexity index is 436. The maximum atomic E-state index is 5.40. The van der Waals surface area contributed by atoms with Gasteiger partial charge in [0.1, 0.15) is 0 Å². The standard InChI is InChI=1S/C10H10N4/c1-7-9(3-2-4-12-7)8-5-13-10(11)14-6-8/h2-6H,1H3,(H2,11,13,14). The first-order valence-corrected chi connectivity index (χ1v) is 4.27. The van der Waals surface area contributed by atoms with Gasteiger partial charge in [-0.05, 0) is 13.0 Å². The van der Waals surface area contributed by atoms with E-state index in [0.717, 1.165) is 16.8 Å². The number of nitrogen functional groups attached to an aromatic ring is 1. The van der Waals surface area contributed by atoms with Crippen molar-refractivity contribution in [1.82, 2.24) is 15.0 Å². The van der Waals surface area contributed by atoms with Crippen LogP contribution in [0.3, 0.4) is 0 Å². The molecule has 14 heavy (non-hydrogen) atoms. The highest BCUT2D eigenvalue weighted by Crippen LogP contribution is 2.19. The Morgan fingerprint density at radius 3 is 2.50 bits per heavy atom. The van der Waals surface area contributed by atoms with E-state index in [4.69, 9.17) is 5.73 Å². The fraction of sp³-hybridized carbons (Fsp3) is 0.100. The van der Waals surface area contributed by atoms with Crippen molar-refractivity contribution in [1.29, 1.82) is 0 Å². The number of aryl methyl sites for hydroxylation is 1. The fourth-order valence-electron chi connectivity index (χ4n) is 1.27. The van der Waals surface area contributed by atoms with Gasteiger partial charge in [-0.3, -0.25) is 4.98 Å². The second-order valence-corrected chi connectivity index (χ2v) is 2.97. The van der Waals surface area contributed by atoms with Crippen LogP contribution in [0.15, 0.2) is 30.7 Å². The van der Waals surface area contributed by atoms with Crippen LogP contribution in [0.4, 0.5) is 5.95 Å². The largest absolute Gasteiger partial charge is 0.368 e. The van der Waals surface area contributed by atoms with Gasteiger partial charge in [-0.2, -0.15) is 0 Å². The van der Waals surface area contributed by atoms with Gasteiger partial charge in [0.2, 0.25) is 5.95 Å².